The van der Waals surface area contributed by atoms with E-state index in [1.54, 1.807) is 18.4 Å². The number of aryl methyl sites for hydroxylation is 1. The minimum atomic E-state index is -0.337. The highest BCUT2D eigenvalue weighted by molar-refractivity contribution is 8.00. The number of nitrogens with one attached hydrogen (secondary N) is 1. The van der Waals surface area contributed by atoms with Gasteiger partial charge in [-0.05, 0) is 55.8 Å². The molecule has 1 aliphatic rings. The van der Waals surface area contributed by atoms with Crippen LogP contribution in [0.1, 0.15) is 25.3 Å². The summed E-state index contributed by atoms with van der Waals surface area (Å²) < 4.78 is 13.2. The molecule has 3 aromatic rings. The normalized spacial score (nSPS) is 16.9. The summed E-state index contributed by atoms with van der Waals surface area (Å²) in [6.45, 7) is 5.24. The van der Waals surface area contributed by atoms with Gasteiger partial charge < -0.3 is 14.8 Å². The minimum Gasteiger partial charge on any atom is -0.495 e. The molecule has 1 amide bonds. The predicted octanol–water partition coefficient (Wildman–Crippen LogP) is 4.09. The van der Waals surface area contributed by atoms with Gasteiger partial charge in [-0.2, -0.15) is 0 Å². The fourth-order valence-corrected chi connectivity index (χ4v) is 5.06. The number of aromatic nitrogens is 3. The van der Waals surface area contributed by atoms with Gasteiger partial charge in [-0.3, -0.25) is 9.36 Å². The van der Waals surface area contributed by atoms with Gasteiger partial charge in [0.15, 0.2) is 11.0 Å². The summed E-state index contributed by atoms with van der Waals surface area (Å²) in [5.74, 6) is 1.41. The topological polar surface area (TPSA) is 78.3 Å². The molecule has 1 aromatic carbocycles. The molecule has 0 bridgehead atoms. The second-order valence-corrected chi connectivity index (χ2v) is 9.69. The standard InChI is InChI=1S/C22H26N4O3S2/c1-14-8-9-18(28-3)17(12-14)26-20(19-7-5-11-30-19)24-25-22(26)31-15(2)21(27)23-13-16-6-4-10-29-16/h5,7-9,11-12,15-16H,4,6,10,13H2,1-3H3,(H,23,27)/t15-,16+/m1/s1. The van der Waals surface area contributed by atoms with Crippen molar-refractivity contribution < 1.29 is 14.3 Å². The first-order chi connectivity index (χ1) is 15.1. The molecule has 0 saturated carbocycles. The first-order valence-electron chi connectivity index (χ1n) is 10.3. The molecule has 1 fully saturated rings. The highest BCUT2D eigenvalue weighted by Crippen LogP contribution is 2.35. The van der Waals surface area contributed by atoms with Crippen LogP contribution in [0.4, 0.5) is 0 Å². The van der Waals surface area contributed by atoms with Gasteiger partial charge in [-0.1, -0.05) is 23.9 Å². The molecule has 9 heteroatoms. The molecule has 0 spiro atoms. The Morgan fingerprint density at radius 2 is 2.29 bits per heavy atom. The Hall–Kier alpha value is -2.36. The Morgan fingerprint density at radius 3 is 3.00 bits per heavy atom. The van der Waals surface area contributed by atoms with Gasteiger partial charge >= 0.3 is 0 Å². The zero-order valence-corrected chi connectivity index (χ0v) is 19.5. The van der Waals surface area contributed by atoms with Crippen molar-refractivity contribution in [2.45, 2.75) is 43.2 Å². The molecule has 1 N–H and O–H groups in total. The predicted molar refractivity (Wildman–Crippen MR) is 123 cm³/mol. The second kappa shape index (κ2) is 9.84. The number of carbonyl (C=O) groups excluding carboxylic acids is 1. The molecule has 164 valence electrons. The van der Waals surface area contributed by atoms with Crippen molar-refractivity contribution in [3.05, 3.63) is 41.3 Å². The fourth-order valence-electron chi connectivity index (χ4n) is 3.48. The van der Waals surface area contributed by atoms with Gasteiger partial charge in [-0.15, -0.1) is 21.5 Å². The number of hydrogen-bond donors (Lipinski definition) is 1. The van der Waals surface area contributed by atoms with E-state index in [0.717, 1.165) is 47.2 Å². The molecular formula is C22H26N4O3S2. The van der Waals surface area contributed by atoms with Crippen molar-refractivity contribution in [1.29, 1.82) is 0 Å². The Morgan fingerprint density at radius 1 is 1.42 bits per heavy atom. The van der Waals surface area contributed by atoms with Gasteiger partial charge in [0.25, 0.3) is 0 Å². The maximum Gasteiger partial charge on any atom is 0.233 e. The van der Waals surface area contributed by atoms with Crippen LogP contribution >= 0.6 is 23.1 Å². The van der Waals surface area contributed by atoms with Crippen LogP contribution in [0.25, 0.3) is 16.4 Å². The number of methoxy groups -OCH3 is 1. The SMILES string of the molecule is COc1ccc(C)cc1-n1c(S[C@H](C)C(=O)NC[C@@H]2CCCO2)nnc1-c1cccs1. The number of carbonyl (C=O) groups is 1. The number of rotatable bonds is 8. The van der Waals surface area contributed by atoms with Crippen molar-refractivity contribution in [2.75, 3.05) is 20.3 Å². The van der Waals surface area contributed by atoms with Gasteiger partial charge in [0.05, 0.1) is 29.0 Å². The number of hydrogen-bond acceptors (Lipinski definition) is 7. The van der Waals surface area contributed by atoms with Crippen molar-refractivity contribution >= 4 is 29.0 Å². The van der Waals surface area contributed by atoms with Gasteiger partial charge in [-0.25, -0.2) is 0 Å². The summed E-state index contributed by atoms with van der Waals surface area (Å²) in [4.78, 5) is 13.7. The lowest BCUT2D eigenvalue weighted by molar-refractivity contribution is -0.120. The third kappa shape index (κ3) is 4.94. The molecule has 0 radical (unpaired) electrons. The first kappa shape index (κ1) is 21.9. The third-order valence-electron chi connectivity index (χ3n) is 5.13. The highest BCUT2D eigenvalue weighted by atomic mass is 32.2. The lowest BCUT2D eigenvalue weighted by atomic mass is 10.2. The summed E-state index contributed by atoms with van der Waals surface area (Å²) in [7, 11) is 1.65. The first-order valence-corrected chi connectivity index (χ1v) is 12.0. The average molecular weight is 459 g/mol. The Balaban J connectivity index is 1.62. The molecule has 0 unspecified atom stereocenters. The van der Waals surface area contributed by atoms with Crippen molar-refractivity contribution in [2.24, 2.45) is 0 Å². The van der Waals surface area contributed by atoms with Crippen LogP contribution in [-0.2, 0) is 9.53 Å². The van der Waals surface area contributed by atoms with Crippen molar-refractivity contribution in [3.63, 3.8) is 0 Å². The lowest BCUT2D eigenvalue weighted by Gasteiger charge is -2.17. The number of thioether (sulfide) groups is 1. The van der Waals surface area contributed by atoms with Crippen LogP contribution < -0.4 is 10.1 Å². The molecule has 2 atom stereocenters. The van der Waals surface area contributed by atoms with E-state index in [1.165, 1.54) is 11.8 Å². The summed E-state index contributed by atoms with van der Waals surface area (Å²) in [6.07, 6.45) is 2.16. The lowest BCUT2D eigenvalue weighted by Crippen LogP contribution is -2.36. The summed E-state index contributed by atoms with van der Waals surface area (Å²) >= 11 is 2.98. The molecular weight excluding hydrogens is 432 g/mol. The largest absolute Gasteiger partial charge is 0.495 e. The van der Waals surface area contributed by atoms with Crippen LogP contribution in [-0.4, -0.2) is 52.3 Å². The fraction of sp³-hybridized carbons (Fsp3) is 0.409. The van der Waals surface area contributed by atoms with Crippen LogP contribution in [0.2, 0.25) is 0 Å². The average Bonchev–Trinajstić information content (AvgIpc) is 3.53. The van der Waals surface area contributed by atoms with Crippen molar-refractivity contribution in [1.82, 2.24) is 20.1 Å². The van der Waals surface area contributed by atoms with E-state index in [0.29, 0.717) is 11.7 Å². The van der Waals surface area contributed by atoms with E-state index in [2.05, 4.69) is 15.5 Å². The van der Waals surface area contributed by atoms with E-state index >= 15 is 0 Å². The molecule has 3 heterocycles. The summed E-state index contributed by atoms with van der Waals surface area (Å²) in [5.41, 5.74) is 1.95. The monoisotopic (exact) mass is 458 g/mol. The Bertz CT molecular complexity index is 1030. The maximum absolute atomic E-state index is 12.7. The van der Waals surface area contributed by atoms with Crippen LogP contribution in [0.3, 0.4) is 0 Å². The number of benzene rings is 1. The number of amides is 1. The molecule has 0 aliphatic carbocycles. The molecule has 4 rings (SSSR count). The maximum atomic E-state index is 12.7. The van der Waals surface area contributed by atoms with Crippen molar-refractivity contribution in [3.8, 4) is 22.1 Å². The smallest absolute Gasteiger partial charge is 0.233 e. The summed E-state index contributed by atoms with van der Waals surface area (Å²) in [6, 6.07) is 9.99. The van der Waals surface area contributed by atoms with E-state index in [4.69, 9.17) is 9.47 Å². The molecule has 7 nitrogen and oxygen atoms in total. The number of nitrogens with zero attached hydrogens (tertiary/aromatic N) is 3. The highest BCUT2D eigenvalue weighted by Gasteiger charge is 2.25. The Labute approximate surface area is 190 Å². The van der Waals surface area contributed by atoms with Crippen LogP contribution in [0, 0.1) is 6.92 Å². The van der Waals surface area contributed by atoms with Crippen LogP contribution in [0.15, 0.2) is 40.9 Å². The molecule has 1 aliphatic heterocycles. The van der Waals surface area contributed by atoms with Gasteiger partial charge in [0.1, 0.15) is 5.75 Å². The number of thiophene rings is 1. The molecule has 2 aromatic heterocycles. The van der Waals surface area contributed by atoms with E-state index in [1.807, 2.05) is 54.1 Å². The molecule has 31 heavy (non-hydrogen) atoms. The van der Waals surface area contributed by atoms with E-state index in [9.17, 15) is 4.79 Å². The van der Waals surface area contributed by atoms with Gasteiger partial charge in [0.2, 0.25) is 5.91 Å². The quantitative estimate of drug-likeness (QED) is 0.512. The van der Waals surface area contributed by atoms with E-state index < -0.39 is 0 Å². The summed E-state index contributed by atoms with van der Waals surface area (Å²) in [5, 5.41) is 14.2. The van der Waals surface area contributed by atoms with E-state index in [-0.39, 0.29) is 17.3 Å². The second-order valence-electron chi connectivity index (χ2n) is 7.43. The van der Waals surface area contributed by atoms with Crippen LogP contribution in [0.5, 0.6) is 5.75 Å². The minimum absolute atomic E-state index is 0.0380. The zero-order chi connectivity index (χ0) is 21.8. The third-order valence-corrected chi connectivity index (χ3v) is 7.04. The zero-order valence-electron chi connectivity index (χ0n) is 17.8. The van der Waals surface area contributed by atoms with Gasteiger partial charge in [0, 0.05) is 13.2 Å². The Kier molecular flexibility index (Phi) is 6.94. The molecule has 1 saturated heterocycles. The number of ether oxygens (including phenoxy) is 2.